The highest BCUT2D eigenvalue weighted by molar-refractivity contribution is 6.04. The van der Waals surface area contributed by atoms with Crippen LogP contribution in [0.3, 0.4) is 0 Å². The monoisotopic (exact) mass is 401 g/mol. The zero-order valence-corrected chi connectivity index (χ0v) is 16.1. The molecule has 0 bridgehead atoms. The predicted octanol–water partition coefficient (Wildman–Crippen LogP) is 1.99. The fourth-order valence-corrected chi connectivity index (χ4v) is 3.56. The Morgan fingerprint density at radius 1 is 1.13 bits per heavy atom. The number of carbonyl (C=O) groups excluding carboxylic acids is 1. The summed E-state index contributed by atoms with van der Waals surface area (Å²) in [5, 5.41) is 11.7. The number of nitrogens with two attached hydrogens (primary N) is 1. The van der Waals surface area contributed by atoms with Crippen molar-refractivity contribution in [1.82, 2.24) is 25.0 Å². The van der Waals surface area contributed by atoms with E-state index in [0.717, 1.165) is 29.1 Å². The Balaban J connectivity index is 1.58. The minimum atomic E-state index is -0.558. The van der Waals surface area contributed by atoms with Crippen LogP contribution in [0.4, 0.5) is 5.82 Å². The molecular weight excluding hydrogens is 382 g/mol. The van der Waals surface area contributed by atoms with Crippen molar-refractivity contribution in [3.05, 3.63) is 70.9 Å². The first-order valence-electron chi connectivity index (χ1n) is 9.60. The van der Waals surface area contributed by atoms with Crippen LogP contribution in [-0.4, -0.2) is 37.5 Å². The van der Waals surface area contributed by atoms with Crippen molar-refractivity contribution in [3.8, 4) is 5.95 Å². The number of nitrogens with zero attached hydrogens (tertiary/aromatic N) is 5. The fourth-order valence-electron chi connectivity index (χ4n) is 3.56. The number of aromatic nitrogens is 5. The predicted molar refractivity (Wildman–Crippen MR) is 110 cm³/mol. The SMILES string of the molecule is NC(=O)c1cccc2c1nnn2-c1nc2c(c(NCc3ccccc3)n1)CCOC2. The highest BCUT2D eigenvalue weighted by Gasteiger charge is 2.21. The van der Waals surface area contributed by atoms with E-state index in [4.69, 9.17) is 15.5 Å². The van der Waals surface area contributed by atoms with E-state index in [1.165, 1.54) is 4.68 Å². The van der Waals surface area contributed by atoms with Crippen LogP contribution in [0.1, 0.15) is 27.2 Å². The Bertz CT molecular complexity index is 1240. The Morgan fingerprint density at radius 2 is 2.00 bits per heavy atom. The summed E-state index contributed by atoms with van der Waals surface area (Å²) in [4.78, 5) is 21.1. The minimum Gasteiger partial charge on any atom is -0.375 e. The topological polar surface area (TPSA) is 121 Å². The van der Waals surface area contributed by atoms with Crippen molar-refractivity contribution in [2.45, 2.75) is 19.6 Å². The molecule has 1 aliphatic rings. The molecule has 1 amide bonds. The lowest BCUT2D eigenvalue weighted by atomic mass is 10.1. The zero-order chi connectivity index (χ0) is 20.5. The number of primary amides is 1. The van der Waals surface area contributed by atoms with Crippen LogP contribution in [0, 0.1) is 0 Å². The number of anilines is 1. The maximum absolute atomic E-state index is 11.7. The van der Waals surface area contributed by atoms with Gasteiger partial charge in [0, 0.05) is 18.5 Å². The largest absolute Gasteiger partial charge is 0.375 e. The fraction of sp³-hybridized carbons (Fsp3) is 0.190. The molecule has 0 saturated heterocycles. The molecule has 30 heavy (non-hydrogen) atoms. The van der Waals surface area contributed by atoms with Gasteiger partial charge < -0.3 is 15.8 Å². The van der Waals surface area contributed by atoms with Crippen LogP contribution in [0.5, 0.6) is 0 Å². The number of amides is 1. The van der Waals surface area contributed by atoms with Crippen molar-refractivity contribution in [3.63, 3.8) is 0 Å². The van der Waals surface area contributed by atoms with Crippen LogP contribution >= 0.6 is 0 Å². The summed E-state index contributed by atoms with van der Waals surface area (Å²) in [5.74, 6) is 0.549. The molecule has 0 aliphatic carbocycles. The van der Waals surface area contributed by atoms with Crippen molar-refractivity contribution in [2.24, 2.45) is 5.73 Å². The molecule has 3 heterocycles. The van der Waals surface area contributed by atoms with Crippen LogP contribution in [-0.2, 0) is 24.3 Å². The first-order chi connectivity index (χ1) is 14.7. The van der Waals surface area contributed by atoms with E-state index in [1.54, 1.807) is 18.2 Å². The average Bonchev–Trinajstić information content (AvgIpc) is 3.22. The van der Waals surface area contributed by atoms with Gasteiger partial charge in [-0.2, -0.15) is 9.67 Å². The van der Waals surface area contributed by atoms with Crippen molar-refractivity contribution < 1.29 is 9.53 Å². The highest BCUT2D eigenvalue weighted by atomic mass is 16.5. The number of carbonyl (C=O) groups is 1. The zero-order valence-electron chi connectivity index (χ0n) is 16.1. The summed E-state index contributed by atoms with van der Waals surface area (Å²) in [7, 11) is 0. The Morgan fingerprint density at radius 3 is 2.83 bits per heavy atom. The Kier molecular flexibility index (Phi) is 4.56. The highest BCUT2D eigenvalue weighted by Crippen LogP contribution is 2.25. The Hall–Kier alpha value is -3.85. The number of ether oxygens (including phenoxy) is 1. The van der Waals surface area contributed by atoms with Crippen LogP contribution in [0.25, 0.3) is 17.0 Å². The summed E-state index contributed by atoms with van der Waals surface area (Å²) in [6.07, 6.45) is 0.733. The normalized spacial score (nSPS) is 13.2. The molecule has 2 aromatic heterocycles. The van der Waals surface area contributed by atoms with E-state index in [0.29, 0.717) is 42.3 Å². The Labute approximate surface area is 171 Å². The lowest BCUT2D eigenvalue weighted by Gasteiger charge is -2.20. The molecule has 0 fully saturated rings. The molecular formula is C21H19N7O2. The van der Waals surface area contributed by atoms with Crippen LogP contribution in [0.15, 0.2) is 48.5 Å². The number of rotatable bonds is 5. The maximum atomic E-state index is 11.7. The maximum Gasteiger partial charge on any atom is 0.254 e. The molecule has 4 aromatic rings. The number of hydrogen-bond acceptors (Lipinski definition) is 7. The van der Waals surface area contributed by atoms with Gasteiger partial charge in [-0.15, -0.1) is 5.10 Å². The third kappa shape index (κ3) is 3.25. The summed E-state index contributed by atoms with van der Waals surface area (Å²) in [6, 6.07) is 15.3. The third-order valence-electron chi connectivity index (χ3n) is 5.05. The minimum absolute atomic E-state index is 0.308. The number of fused-ring (bicyclic) bond motifs is 2. The van der Waals surface area contributed by atoms with Crippen molar-refractivity contribution in [1.29, 1.82) is 0 Å². The van der Waals surface area contributed by atoms with E-state index in [9.17, 15) is 4.79 Å². The summed E-state index contributed by atoms with van der Waals surface area (Å²) in [6.45, 7) is 1.67. The van der Waals surface area contributed by atoms with Gasteiger partial charge in [0.2, 0.25) is 0 Å². The van der Waals surface area contributed by atoms with Crippen molar-refractivity contribution in [2.75, 3.05) is 11.9 Å². The first kappa shape index (κ1) is 18.2. The first-order valence-corrected chi connectivity index (χ1v) is 9.60. The molecule has 150 valence electrons. The van der Waals surface area contributed by atoms with E-state index in [1.807, 2.05) is 18.2 Å². The second-order valence-electron chi connectivity index (χ2n) is 6.98. The molecule has 3 N–H and O–H groups in total. The second-order valence-corrected chi connectivity index (χ2v) is 6.98. The van der Waals surface area contributed by atoms with Gasteiger partial charge in [-0.1, -0.05) is 41.6 Å². The summed E-state index contributed by atoms with van der Waals surface area (Å²) >= 11 is 0. The van der Waals surface area contributed by atoms with E-state index in [-0.39, 0.29) is 0 Å². The van der Waals surface area contributed by atoms with Gasteiger partial charge in [0.25, 0.3) is 11.9 Å². The van der Waals surface area contributed by atoms with Gasteiger partial charge >= 0.3 is 0 Å². The molecule has 9 nitrogen and oxygen atoms in total. The smallest absolute Gasteiger partial charge is 0.254 e. The molecule has 0 saturated carbocycles. The van der Waals surface area contributed by atoms with E-state index >= 15 is 0 Å². The van der Waals surface area contributed by atoms with Gasteiger partial charge in [0.1, 0.15) is 11.3 Å². The third-order valence-corrected chi connectivity index (χ3v) is 5.05. The lowest BCUT2D eigenvalue weighted by molar-refractivity contribution is 0.100. The van der Waals surface area contributed by atoms with Crippen LogP contribution in [0.2, 0.25) is 0 Å². The standard InChI is InChI=1S/C21H19N7O2/c22-19(29)15-7-4-8-17-18(15)26-27-28(17)21-24-16-12-30-10-9-14(16)20(25-21)23-11-13-5-2-1-3-6-13/h1-8H,9-12H2,(H2,22,29)(H,23,24,25). The van der Waals surface area contributed by atoms with Gasteiger partial charge in [0.15, 0.2) is 0 Å². The van der Waals surface area contributed by atoms with Gasteiger partial charge in [-0.3, -0.25) is 4.79 Å². The quantitative estimate of drug-likeness (QED) is 0.524. The van der Waals surface area contributed by atoms with E-state index < -0.39 is 5.91 Å². The molecule has 0 atom stereocenters. The molecule has 0 unspecified atom stereocenters. The lowest BCUT2D eigenvalue weighted by Crippen LogP contribution is -2.19. The number of benzene rings is 2. The molecule has 2 aromatic carbocycles. The number of nitrogens with one attached hydrogen (secondary N) is 1. The summed E-state index contributed by atoms with van der Waals surface area (Å²) in [5.41, 5.74) is 9.81. The van der Waals surface area contributed by atoms with Gasteiger partial charge in [-0.25, -0.2) is 4.98 Å². The second kappa shape index (κ2) is 7.53. The van der Waals surface area contributed by atoms with E-state index in [2.05, 4.69) is 32.7 Å². The average molecular weight is 401 g/mol. The summed E-state index contributed by atoms with van der Waals surface area (Å²) < 4.78 is 7.12. The molecule has 1 aliphatic heterocycles. The molecule has 5 rings (SSSR count). The number of hydrogen-bond donors (Lipinski definition) is 2. The molecule has 9 heteroatoms. The molecule has 0 radical (unpaired) electrons. The van der Waals surface area contributed by atoms with Crippen LogP contribution < -0.4 is 11.1 Å². The molecule has 0 spiro atoms. The van der Waals surface area contributed by atoms with Crippen molar-refractivity contribution >= 4 is 22.8 Å². The van der Waals surface area contributed by atoms with Gasteiger partial charge in [0.05, 0.1) is 30.0 Å². The van der Waals surface area contributed by atoms with Gasteiger partial charge in [-0.05, 0) is 17.7 Å².